The van der Waals surface area contributed by atoms with Crippen LogP contribution in [0.4, 0.5) is 18.9 Å². The SMILES string of the molecule is O=[N+]([O-])c1cc(-c2nnn(-c3ccc(C(F)(F)F)[n+]([O-])c3)n2)cc(O)c1O. The third-order valence-electron chi connectivity index (χ3n) is 3.36. The van der Waals surface area contributed by atoms with E-state index in [9.17, 15) is 38.7 Å². The normalized spacial score (nSPS) is 11.5. The lowest BCUT2D eigenvalue weighted by Gasteiger charge is -2.07. The Morgan fingerprint density at radius 2 is 1.93 bits per heavy atom. The molecule has 11 nitrogen and oxygen atoms in total. The van der Waals surface area contributed by atoms with Gasteiger partial charge in [0.05, 0.1) is 4.92 Å². The molecule has 2 heterocycles. The number of phenols is 2. The zero-order valence-electron chi connectivity index (χ0n) is 12.8. The van der Waals surface area contributed by atoms with Crippen LogP contribution in [0, 0.1) is 15.3 Å². The Morgan fingerprint density at radius 1 is 1.22 bits per heavy atom. The van der Waals surface area contributed by atoms with E-state index in [4.69, 9.17) is 0 Å². The van der Waals surface area contributed by atoms with E-state index in [0.717, 1.165) is 23.0 Å². The van der Waals surface area contributed by atoms with Crippen molar-refractivity contribution < 1.29 is 33.0 Å². The summed E-state index contributed by atoms with van der Waals surface area (Å²) in [6.45, 7) is 0. The van der Waals surface area contributed by atoms with Crippen molar-refractivity contribution in [3.63, 3.8) is 0 Å². The van der Waals surface area contributed by atoms with E-state index >= 15 is 0 Å². The fourth-order valence-corrected chi connectivity index (χ4v) is 2.12. The second-order valence-electron chi connectivity index (χ2n) is 5.12. The van der Waals surface area contributed by atoms with Crippen LogP contribution in [0.1, 0.15) is 5.69 Å². The van der Waals surface area contributed by atoms with Gasteiger partial charge in [-0.3, -0.25) is 10.1 Å². The third-order valence-corrected chi connectivity index (χ3v) is 3.36. The maximum absolute atomic E-state index is 12.6. The number of aromatic nitrogens is 5. The molecule has 0 amide bonds. The fraction of sp³-hybridized carbons (Fsp3) is 0.0769. The number of hydrogen-bond acceptors (Lipinski definition) is 8. The molecule has 140 valence electrons. The van der Waals surface area contributed by atoms with Crippen molar-refractivity contribution in [3.8, 4) is 28.6 Å². The molecule has 0 aliphatic heterocycles. The summed E-state index contributed by atoms with van der Waals surface area (Å²) in [5, 5.41) is 52.3. The lowest BCUT2D eigenvalue weighted by atomic mass is 10.1. The number of tetrazole rings is 1. The number of benzene rings is 1. The molecule has 0 bridgehead atoms. The van der Waals surface area contributed by atoms with Gasteiger partial charge in [0, 0.05) is 17.7 Å². The minimum Gasteiger partial charge on any atom is -0.618 e. The summed E-state index contributed by atoms with van der Waals surface area (Å²) in [5.41, 5.74) is -2.50. The Balaban J connectivity index is 2.01. The number of pyridine rings is 1. The van der Waals surface area contributed by atoms with Crippen molar-refractivity contribution in [2.24, 2.45) is 0 Å². The number of hydrogen-bond donors (Lipinski definition) is 2. The number of rotatable bonds is 3. The molecule has 1 aromatic carbocycles. The topological polar surface area (TPSA) is 154 Å². The highest BCUT2D eigenvalue weighted by atomic mass is 19.4. The molecule has 2 N–H and O–H groups in total. The Morgan fingerprint density at radius 3 is 2.52 bits per heavy atom. The number of halogens is 3. The van der Waals surface area contributed by atoms with Crippen molar-refractivity contribution in [2.45, 2.75) is 6.18 Å². The Labute approximate surface area is 146 Å². The molecular formula is C13H7F3N6O5. The van der Waals surface area contributed by atoms with Crippen molar-refractivity contribution in [3.05, 3.63) is 51.5 Å². The molecule has 0 unspecified atom stereocenters. The first kappa shape index (κ1) is 17.8. The molecule has 27 heavy (non-hydrogen) atoms. The van der Waals surface area contributed by atoms with E-state index < -0.39 is 38.7 Å². The maximum Gasteiger partial charge on any atom is 0.478 e. The predicted molar refractivity (Wildman–Crippen MR) is 78.5 cm³/mol. The van der Waals surface area contributed by atoms with Gasteiger partial charge in [-0.1, -0.05) is 0 Å². The maximum atomic E-state index is 12.6. The molecule has 0 saturated carbocycles. The average Bonchev–Trinajstić information content (AvgIpc) is 3.05. The number of alkyl halides is 3. The van der Waals surface area contributed by atoms with Gasteiger partial charge in [0.15, 0.2) is 11.4 Å². The number of nitro groups is 1. The van der Waals surface area contributed by atoms with Crippen LogP contribution < -0.4 is 4.73 Å². The highest BCUT2D eigenvalue weighted by Gasteiger charge is 2.39. The predicted octanol–water partition coefficient (Wildman–Crippen LogP) is 1.30. The summed E-state index contributed by atoms with van der Waals surface area (Å²) in [6.07, 6.45) is -4.27. The number of aromatic hydroxyl groups is 2. The van der Waals surface area contributed by atoms with E-state index in [2.05, 4.69) is 15.4 Å². The monoisotopic (exact) mass is 384 g/mol. The third kappa shape index (κ3) is 3.26. The highest BCUT2D eigenvalue weighted by Crippen LogP contribution is 2.38. The minimum absolute atomic E-state index is 0.0924. The summed E-state index contributed by atoms with van der Waals surface area (Å²) < 4.78 is 37.4. The molecule has 0 radical (unpaired) electrons. The molecule has 0 fully saturated rings. The first-order valence-electron chi connectivity index (χ1n) is 6.89. The van der Waals surface area contributed by atoms with Gasteiger partial charge in [-0.25, -0.2) is 0 Å². The van der Waals surface area contributed by atoms with Gasteiger partial charge in [-0.2, -0.15) is 17.9 Å². The first-order chi connectivity index (χ1) is 12.6. The van der Waals surface area contributed by atoms with Crippen LogP contribution in [0.2, 0.25) is 0 Å². The average molecular weight is 384 g/mol. The van der Waals surface area contributed by atoms with Crippen molar-refractivity contribution in [1.29, 1.82) is 0 Å². The Hall–Kier alpha value is -3.97. The molecule has 0 atom stereocenters. The van der Waals surface area contributed by atoms with E-state index in [1.165, 1.54) is 0 Å². The Kier molecular flexibility index (Phi) is 4.02. The summed E-state index contributed by atoms with van der Waals surface area (Å²) >= 11 is 0. The van der Waals surface area contributed by atoms with E-state index in [-0.39, 0.29) is 17.1 Å². The van der Waals surface area contributed by atoms with Crippen molar-refractivity contribution >= 4 is 5.69 Å². The lowest BCUT2D eigenvalue weighted by Crippen LogP contribution is -2.36. The zero-order chi connectivity index (χ0) is 19.9. The largest absolute Gasteiger partial charge is 0.618 e. The van der Waals surface area contributed by atoms with Gasteiger partial charge >= 0.3 is 11.9 Å². The van der Waals surface area contributed by atoms with Crippen LogP contribution in [0.3, 0.4) is 0 Å². The molecule has 3 rings (SSSR count). The van der Waals surface area contributed by atoms with Gasteiger partial charge in [-0.05, 0) is 17.3 Å². The second-order valence-corrected chi connectivity index (χ2v) is 5.12. The number of nitrogens with zero attached hydrogens (tertiary/aromatic N) is 6. The molecule has 0 aliphatic rings. The van der Waals surface area contributed by atoms with Crippen LogP contribution in [0.15, 0.2) is 30.5 Å². The molecule has 0 spiro atoms. The van der Waals surface area contributed by atoms with Crippen LogP contribution in [0.5, 0.6) is 11.5 Å². The second kappa shape index (κ2) is 6.08. The smallest absolute Gasteiger partial charge is 0.478 e. The van der Waals surface area contributed by atoms with E-state index in [1.807, 2.05) is 0 Å². The van der Waals surface area contributed by atoms with Gasteiger partial charge in [0.25, 0.3) is 5.69 Å². The van der Waals surface area contributed by atoms with Crippen LogP contribution in [0.25, 0.3) is 17.1 Å². The fourth-order valence-electron chi connectivity index (χ4n) is 2.12. The van der Waals surface area contributed by atoms with Crippen molar-refractivity contribution in [1.82, 2.24) is 20.2 Å². The highest BCUT2D eigenvalue weighted by molar-refractivity contribution is 5.68. The summed E-state index contributed by atoms with van der Waals surface area (Å²) in [7, 11) is 0. The summed E-state index contributed by atoms with van der Waals surface area (Å²) in [6, 6.07) is 3.27. The summed E-state index contributed by atoms with van der Waals surface area (Å²) in [4.78, 5) is 10.7. The van der Waals surface area contributed by atoms with Crippen LogP contribution >= 0.6 is 0 Å². The zero-order valence-corrected chi connectivity index (χ0v) is 12.8. The van der Waals surface area contributed by atoms with E-state index in [0.29, 0.717) is 12.3 Å². The van der Waals surface area contributed by atoms with Gasteiger partial charge < -0.3 is 15.4 Å². The molecule has 2 aromatic heterocycles. The molecular weight excluding hydrogens is 377 g/mol. The standard InChI is InChI=1S/C13H7F3N6O5/c14-13(15,16)10-2-1-7(5-20(10)25)21-18-12(17-19-21)6-3-8(22(26)27)11(24)9(23)4-6/h1-5,23-24H. The minimum atomic E-state index is -4.84. The summed E-state index contributed by atoms with van der Waals surface area (Å²) in [5.74, 6) is -2.00. The van der Waals surface area contributed by atoms with Crippen molar-refractivity contribution in [2.75, 3.05) is 0 Å². The van der Waals surface area contributed by atoms with Gasteiger partial charge in [0.1, 0.15) is 0 Å². The number of phenolic OH excluding ortho intramolecular Hbond substituents is 2. The van der Waals surface area contributed by atoms with Crippen LogP contribution in [-0.2, 0) is 6.18 Å². The van der Waals surface area contributed by atoms with E-state index in [1.54, 1.807) is 0 Å². The van der Waals surface area contributed by atoms with Gasteiger partial charge in [-0.15, -0.1) is 15.0 Å². The molecule has 0 saturated heterocycles. The lowest BCUT2D eigenvalue weighted by molar-refractivity contribution is -0.629. The Bertz CT molecular complexity index is 1050. The first-order valence-corrected chi connectivity index (χ1v) is 6.89. The molecule has 14 heteroatoms. The molecule has 0 aliphatic carbocycles. The van der Waals surface area contributed by atoms with Crippen LogP contribution in [-0.4, -0.2) is 35.3 Å². The molecule has 3 aromatic rings. The number of nitro benzene ring substituents is 1. The quantitative estimate of drug-likeness (QED) is 0.225. The van der Waals surface area contributed by atoms with Gasteiger partial charge in [0.2, 0.25) is 17.8 Å².